The van der Waals surface area contributed by atoms with Gasteiger partial charge in [0.1, 0.15) is 0 Å². The summed E-state index contributed by atoms with van der Waals surface area (Å²) in [6.45, 7) is 6.40. The number of thioether (sulfide) groups is 1. The summed E-state index contributed by atoms with van der Waals surface area (Å²) in [7, 11) is 0. The molecule has 2 heteroatoms. The Bertz CT molecular complexity index is 343. The normalized spacial score (nSPS) is 11.5. The maximum atomic E-state index is 11.6. The third kappa shape index (κ3) is 5.92. The van der Waals surface area contributed by atoms with Gasteiger partial charge in [-0.05, 0) is 29.6 Å². The zero-order valence-electron chi connectivity index (χ0n) is 11.0. The molecule has 0 bridgehead atoms. The van der Waals surface area contributed by atoms with Gasteiger partial charge in [-0.3, -0.25) is 4.79 Å². The van der Waals surface area contributed by atoms with Gasteiger partial charge in [-0.25, -0.2) is 0 Å². The predicted octanol–water partition coefficient (Wildman–Crippen LogP) is 4.32. The van der Waals surface area contributed by atoms with E-state index in [1.165, 1.54) is 17.3 Å². The molecule has 0 atom stereocenters. The second-order valence-corrected chi connectivity index (χ2v) is 6.45. The Morgan fingerprint density at radius 1 is 1.24 bits per heavy atom. The molecule has 94 valence electrons. The van der Waals surface area contributed by atoms with Gasteiger partial charge in [-0.1, -0.05) is 62.9 Å². The van der Waals surface area contributed by atoms with Gasteiger partial charge in [0.05, 0.1) is 0 Å². The summed E-state index contributed by atoms with van der Waals surface area (Å²) in [5, 5.41) is 0.325. The molecule has 0 aromatic heterocycles. The van der Waals surface area contributed by atoms with Crippen LogP contribution in [-0.4, -0.2) is 10.9 Å². The molecule has 1 rings (SSSR count). The lowest BCUT2D eigenvalue weighted by atomic mass is 9.83. The minimum Gasteiger partial charge on any atom is -0.287 e. The van der Waals surface area contributed by atoms with Crippen molar-refractivity contribution in [2.45, 2.75) is 40.0 Å². The molecule has 1 aromatic rings. The van der Waals surface area contributed by atoms with Crippen LogP contribution in [0.3, 0.4) is 0 Å². The highest BCUT2D eigenvalue weighted by Gasteiger charge is 2.21. The standard InChI is InChI=1S/C15H22OS/c1-4-17-14(16)12-15(2,3)11-10-13-8-6-5-7-9-13/h5-9H,4,10-12H2,1-3H3. The quantitative estimate of drug-likeness (QED) is 0.748. The van der Waals surface area contributed by atoms with Crippen molar-refractivity contribution in [1.82, 2.24) is 0 Å². The zero-order chi connectivity index (χ0) is 12.7. The van der Waals surface area contributed by atoms with E-state index in [4.69, 9.17) is 0 Å². The van der Waals surface area contributed by atoms with E-state index in [0.29, 0.717) is 11.5 Å². The van der Waals surface area contributed by atoms with E-state index in [-0.39, 0.29) is 5.41 Å². The summed E-state index contributed by atoms with van der Waals surface area (Å²) >= 11 is 1.44. The second-order valence-electron chi connectivity index (χ2n) is 5.13. The number of carbonyl (C=O) groups is 1. The van der Waals surface area contributed by atoms with Gasteiger partial charge in [0.2, 0.25) is 0 Å². The Kier molecular flexibility index (Phi) is 5.76. The van der Waals surface area contributed by atoms with E-state index in [0.717, 1.165) is 18.6 Å². The van der Waals surface area contributed by atoms with Crippen LogP contribution in [0.2, 0.25) is 0 Å². The summed E-state index contributed by atoms with van der Waals surface area (Å²) < 4.78 is 0. The first-order valence-corrected chi connectivity index (χ1v) is 7.21. The van der Waals surface area contributed by atoms with Crippen LogP contribution in [0.25, 0.3) is 0 Å². The zero-order valence-corrected chi connectivity index (χ0v) is 11.8. The monoisotopic (exact) mass is 250 g/mol. The number of aryl methyl sites for hydroxylation is 1. The van der Waals surface area contributed by atoms with Crippen LogP contribution in [0, 0.1) is 5.41 Å². The molecule has 0 radical (unpaired) electrons. The van der Waals surface area contributed by atoms with Crippen LogP contribution < -0.4 is 0 Å². The summed E-state index contributed by atoms with van der Waals surface area (Å²) in [5.74, 6) is 0.883. The molecule has 0 aliphatic heterocycles. The van der Waals surface area contributed by atoms with Crippen molar-refractivity contribution in [2.24, 2.45) is 5.41 Å². The Labute approximate surface area is 109 Å². The summed E-state index contributed by atoms with van der Waals surface area (Å²) in [4.78, 5) is 11.6. The topological polar surface area (TPSA) is 17.1 Å². The minimum atomic E-state index is 0.106. The molecule has 17 heavy (non-hydrogen) atoms. The molecule has 0 unspecified atom stereocenters. The lowest BCUT2D eigenvalue weighted by Gasteiger charge is -2.23. The third-order valence-electron chi connectivity index (χ3n) is 2.86. The van der Waals surface area contributed by atoms with Crippen LogP contribution in [0.15, 0.2) is 30.3 Å². The van der Waals surface area contributed by atoms with Crippen molar-refractivity contribution in [3.05, 3.63) is 35.9 Å². The molecule has 0 fully saturated rings. The first kappa shape index (κ1) is 14.3. The molecule has 0 aliphatic carbocycles. The highest BCUT2D eigenvalue weighted by atomic mass is 32.2. The Morgan fingerprint density at radius 2 is 1.88 bits per heavy atom. The molecular formula is C15H22OS. The van der Waals surface area contributed by atoms with E-state index >= 15 is 0 Å². The molecule has 1 aromatic carbocycles. The fraction of sp³-hybridized carbons (Fsp3) is 0.533. The Hall–Kier alpha value is -0.760. The lowest BCUT2D eigenvalue weighted by molar-refractivity contribution is -0.112. The van der Waals surface area contributed by atoms with E-state index < -0.39 is 0 Å². The first-order chi connectivity index (χ1) is 8.03. The molecule has 0 saturated heterocycles. The number of benzene rings is 1. The van der Waals surface area contributed by atoms with Gasteiger partial charge in [-0.2, -0.15) is 0 Å². The van der Waals surface area contributed by atoms with Crippen LogP contribution in [0.4, 0.5) is 0 Å². The molecule has 1 nitrogen and oxygen atoms in total. The molecule has 0 amide bonds. The fourth-order valence-corrected chi connectivity index (χ4v) is 2.63. The maximum Gasteiger partial charge on any atom is 0.189 e. The number of hydrogen-bond donors (Lipinski definition) is 0. The van der Waals surface area contributed by atoms with Crippen LogP contribution in [0.1, 0.15) is 39.2 Å². The molecule has 0 heterocycles. The largest absolute Gasteiger partial charge is 0.287 e. The Morgan fingerprint density at radius 3 is 2.47 bits per heavy atom. The van der Waals surface area contributed by atoms with Crippen molar-refractivity contribution in [1.29, 1.82) is 0 Å². The van der Waals surface area contributed by atoms with Crippen LogP contribution >= 0.6 is 11.8 Å². The SMILES string of the molecule is CCSC(=O)CC(C)(C)CCc1ccccc1. The second kappa shape index (κ2) is 6.85. The van der Waals surface area contributed by atoms with Gasteiger partial charge >= 0.3 is 0 Å². The first-order valence-electron chi connectivity index (χ1n) is 6.23. The smallest absolute Gasteiger partial charge is 0.189 e. The van der Waals surface area contributed by atoms with Crippen molar-refractivity contribution < 1.29 is 4.79 Å². The summed E-state index contributed by atoms with van der Waals surface area (Å²) in [6, 6.07) is 10.5. The highest BCUT2D eigenvalue weighted by Crippen LogP contribution is 2.29. The third-order valence-corrected chi connectivity index (χ3v) is 3.62. The summed E-state index contributed by atoms with van der Waals surface area (Å²) in [5.41, 5.74) is 1.46. The molecule has 0 saturated carbocycles. The van der Waals surface area contributed by atoms with Gasteiger partial charge in [0, 0.05) is 6.42 Å². The van der Waals surface area contributed by atoms with Crippen LogP contribution in [0.5, 0.6) is 0 Å². The average molecular weight is 250 g/mol. The Balaban J connectivity index is 2.41. The summed E-state index contributed by atoms with van der Waals surface area (Å²) in [6.07, 6.45) is 2.79. The molecular weight excluding hydrogens is 228 g/mol. The van der Waals surface area contributed by atoms with Gasteiger partial charge in [0.15, 0.2) is 5.12 Å². The molecule has 0 N–H and O–H groups in total. The van der Waals surface area contributed by atoms with Crippen molar-refractivity contribution >= 4 is 16.9 Å². The van der Waals surface area contributed by atoms with E-state index in [2.05, 4.69) is 38.1 Å². The lowest BCUT2D eigenvalue weighted by Crippen LogP contribution is -2.16. The van der Waals surface area contributed by atoms with E-state index in [9.17, 15) is 4.79 Å². The van der Waals surface area contributed by atoms with Gasteiger partial charge in [-0.15, -0.1) is 0 Å². The predicted molar refractivity (Wildman–Crippen MR) is 76.3 cm³/mol. The molecule has 0 aliphatic rings. The van der Waals surface area contributed by atoms with E-state index in [1.54, 1.807) is 0 Å². The van der Waals surface area contributed by atoms with Crippen molar-refractivity contribution in [3.8, 4) is 0 Å². The average Bonchev–Trinajstić information content (AvgIpc) is 2.27. The van der Waals surface area contributed by atoms with Crippen molar-refractivity contribution in [3.63, 3.8) is 0 Å². The number of hydrogen-bond acceptors (Lipinski definition) is 2. The highest BCUT2D eigenvalue weighted by molar-refractivity contribution is 8.13. The number of rotatable bonds is 6. The van der Waals surface area contributed by atoms with E-state index in [1.807, 2.05) is 13.0 Å². The van der Waals surface area contributed by atoms with Crippen molar-refractivity contribution in [2.75, 3.05) is 5.75 Å². The van der Waals surface area contributed by atoms with Gasteiger partial charge < -0.3 is 0 Å². The molecule has 0 spiro atoms. The fourth-order valence-electron chi connectivity index (χ4n) is 1.82. The van der Waals surface area contributed by atoms with Crippen LogP contribution in [-0.2, 0) is 11.2 Å². The van der Waals surface area contributed by atoms with Gasteiger partial charge in [0.25, 0.3) is 0 Å². The minimum absolute atomic E-state index is 0.106. The number of carbonyl (C=O) groups excluding carboxylic acids is 1. The maximum absolute atomic E-state index is 11.6.